The van der Waals surface area contributed by atoms with Gasteiger partial charge in [0.15, 0.2) is 0 Å². The van der Waals surface area contributed by atoms with Gasteiger partial charge in [0.05, 0.1) is 0 Å². The molecule has 0 aliphatic rings. The molecule has 3 rings (SSSR count). The second-order valence-electron chi connectivity index (χ2n) is 7.40. The number of aliphatic hydroxyl groups excluding tert-OH is 1. The van der Waals surface area contributed by atoms with Crippen molar-refractivity contribution >= 4 is 0 Å². The summed E-state index contributed by atoms with van der Waals surface area (Å²) < 4.78 is 5.75. The number of ether oxygens (including phenoxy) is 1. The number of hydrogen-bond acceptors (Lipinski definition) is 4. The number of aliphatic hydroxyl groups is 1. The van der Waals surface area contributed by atoms with Gasteiger partial charge in [-0.2, -0.15) is 0 Å². The first-order valence-corrected chi connectivity index (χ1v) is 10.0. The summed E-state index contributed by atoms with van der Waals surface area (Å²) >= 11 is 0. The molecule has 29 heavy (non-hydrogen) atoms. The molecule has 4 nitrogen and oxygen atoms in total. The maximum absolute atomic E-state index is 10.3. The van der Waals surface area contributed by atoms with Crippen LogP contribution in [0.25, 0.3) is 11.1 Å². The first-order valence-electron chi connectivity index (χ1n) is 10.0. The van der Waals surface area contributed by atoms with Gasteiger partial charge in [0, 0.05) is 19.1 Å². The number of nitrogens with one attached hydrogen (secondary N) is 1. The van der Waals surface area contributed by atoms with Crippen molar-refractivity contribution < 1.29 is 9.84 Å². The molecular formula is C25H30N2O2. The number of nitrogens with zero attached hydrogens (tertiary/aromatic N) is 1. The molecule has 0 radical (unpaired) electrons. The van der Waals surface area contributed by atoms with Crippen LogP contribution in [0.5, 0.6) is 5.75 Å². The molecule has 2 N–H and O–H groups in total. The van der Waals surface area contributed by atoms with Gasteiger partial charge >= 0.3 is 0 Å². The van der Waals surface area contributed by atoms with Crippen molar-refractivity contribution in [2.75, 3.05) is 33.8 Å². The van der Waals surface area contributed by atoms with Gasteiger partial charge in [-0.05, 0) is 42.9 Å². The van der Waals surface area contributed by atoms with Gasteiger partial charge in [0.25, 0.3) is 0 Å². The molecule has 0 saturated heterocycles. The minimum atomic E-state index is -0.567. The Labute approximate surface area is 173 Å². The molecule has 0 unspecified atom stereocenters. The fourth-order valence-corrected chi connectivity index (χ4v) is 3.29. The summed E-state index contributed by atoms with van der Waals surface area (Å²) in [4.78, 5) is 2.18. The molecule has 3 aromatic carbocycles. The van der Waals surface area contributed by atoms with Crippen molar-refractivity contribution in [2.45, 2.75) is 12.1 Å². The topological polar surface area (TPSA) is 44.7 Å². The SMILES string of the molecule is CN(C)[C@H](CNC[C@H](O)COc1ccc(-c2ccccc2)cc1)c1ccccc1. The van der Waals surface area contributed by atoms with E-state index in [1.807, 2.05) is 48.5 Å². The monoisotopic (exact) mass is 390 g/mol. The smallest absolute Gasteiger partial charge is 0.119 e. The molecule has 0 aliphatic heterocycles. The molecule has 0 heterocycles. The Bertz CT molecular complexity index is 836. The molecule has 0 saturated carbocycles. The average molecular weight is 391 g/mol. The van der Waals surface area contributed by atoms with Crippen LogP contribution in [-0.2, 0) is 0 Å². The molecule has 2 atom stereocenters. The Kier molecular flexibility index (Phi) is 7.82. The van der Waals surface area contributed by atoms with Gasteiger partial charge in [-0.15, -0.1) is 0 Å². The minimum Gasteiger partial charge on any atom is -0.491 e. The Morgan fingerprint density at radius 2 is 1.38 bits per heavy atom. The normalized spacial score (nSPS) is 13.2. The number of hydrogen-bond donors (Lipinski definition) is 2. The number of benzene rings is 3. The highest BCUT2D eigenvalue weighted by Crippen LogP contribution is 2.22. The van der Waals surface area contributed by atoms with Crippen molar-refractivity contribution in [1.29, 1.82) is 0 Å². The highest BCUT2D eigenvalue weighted by molar-refractivity contribution is 5.63. The van der Waals surface area contributed by atoms with Crippen LogP contribution in [0.2, 0.25) is 0 Å². The van der Waals surface area contributed by atoms with E-state index in [1.54, 1.807) is 0 Å². The van der Waals surface area contributed by atoms with Gasteiger partial charge in [-0.3, -0.25) is 0 Å². The van der Waals surface area contributed by atoms with Crippen LogP contribution in [0.4, 0.5) is 0 Å². The third-order valence-corrected chi connectivity index (χ3v) is 4.93. The Morgan fingerprint density at radius 3 is 2.00 bits per heavy atom. The zero-order valence-electron chi connectivity index (χ0n) is 17.2. The van der Waals surface area contributed by atoms with E-state index in [9.17, 15) is 5.11 Å². The van der Waals surface area contributed by atoms with E-state index in [0.29, 0.717) is 6.54 Å². The van der Waals surface area contributed by atoms with E-state index < -0.39 is 6.10 Å². The standard InChI is InChI=1S/C25H30N2O2/c1-27(2)25(22-11-7-4-8-12-22)18-26-17-23(28)19-29-24-15-13-21(14-16-24)20-9-5-3-6-10-20/h3-16,23,25-26,28H,17-19H2,1-2H3/t23-,25+/m0/s1. The second-order valence-corrected chi connectivity index (χ2v) is 7.40. The minimum absolute atomic E-state index is 0.259. The van der Waals surface area contributed by atoms with E-state index in [2.05, 4.69) is 60.7 Å². The first-order chi connectivity index (χ1) is 14.1. The molecule has 0 bridgehead atoms. The van der Waals surface area contributed by atoms with Gasteiger partial charge < -0.3 is 20.1 Å². The highest BCUT2D eigenvalue weighted by Gasteiger charge is 2.14. The molecule has 0 fully saturated rings. The zero-order valence-corrected chi connectivity index (χ0v) is 17.2. The summed E-state index contributed by atoms with van der Waals surface area (Å²) in [6, 6.07) is 28.9. The molecular weight excluding hydrogens is 360 g/mol. The van der Waals surface area contributed by atoms with Crippen LogP contribution in [0.15, 0.2) is 84.9 Å². The van der Waals surface area contributed by atoms with Crippen LogP contribution in [-0.4, -0.2) is 49.9 Å². The maximum Gasteiger partial charge on any atom is 0.119 e. The van der Waals surface area contributed by atoms with E-state index in [1.165, 1.54) is 11.1 Å². The van der Waals surface area contributed by atoms with Gasteiger partial charge in [-0.1, -0.05) is 72.8 Å². The second kappa shape index (κ2) is 10.8. The molecule has 0 spiro atoms. The molecule has 0 aliphatic carbocycles. The van der Waals surface area contributed by atoms with Crippen LogP contribution in [0.1, 0.15) is 11.6 Å². The van der Waals surface area contributed by atoms with E-state index >= 15 is 0 Å². The van der Waals surface area contributed by atoms with E-state index in [0.717, 1.165) is 17.9 Å². The zero-order chi connectivity index (χ0) is 20.5. The van der Waals surface area contributed by atoms with Crippen molar-refractivity contribution in [1.82, 2.24) is 10.2 Å². The van der Waals surface area contributed by atoms with Crippen molar-refractivity contribution in [3.05, 3.63) is 90.5 Å². The van der Waals surface area contributed by atoms with Gasteiger partial charge in [0.1, 0.15) is 18.5 Å². The Hall–Kier alpha value is -2.66. The van der Waals surface area contributed by atoms with Crippen LogP contribution in [0.3, 0.4) is 0 Å². The number of likely N-dealkylation sites (N-methyl/N-ethyl adjacent to an activating group) is 1. The molecule has 4 heteroatoms. The quantitative estimate of drug-likeness (QED) is 0.550. The molecule has 0 aromatic heterocycles. The van der Waals surface area contributed by atoms with Crippen molar-refractivity contribution in [3.63, 3.8) is 0 Å². The summed E-state index contributed by atoms with van der Waals surface area (Å²) in [5.74, 6) is 0.763. The Balaban J connectivity index is 1.43. The van der Waals surface area contributed by atoms with Crippen LogP contribution < -0.4 is 10.1 Å². The van der Waals surface area contributed by atoms with E-state index in [-0.39, 0.29) is 12.6 Å². The average Bonchev–Trinajstić information content (AvgIpc) is 2.76. The lowest BCUT2D eigenvalue weighted by atomic mass is 10.1. The summed E-state index contributed by atoms with van der Waals surface area (Å²) in [7, 11) is 4.13. The van der Waals surface area contributed by atoms with Crippen molar-refractivity contribution in [2.24, 2.45) is 0 Å². The maximum atomic E-state index is 10.3. The van der Waals surface area contributed by atoms with Gasteiger partial charge in [-0.25, -0.2) is 0 Å². The van der Waals surface area contributed by atoms with Crippen LogP contribution >= 0.6 is 0 Å². The highest BCUT2D eigenvalue weighted by atomic mass is 16.5. The lowest BCUT2D eigenvalue weighted by Gasteiger charge is -2.25. The largest absolute Gasteiger partial charge is 0.491 e. The first kappa shape index (κ1) is 21.1. The Morgan fingerprint density at radius 1 is 0.793 bits per heavy atom. The van der Waals surface area contributed by atoms with Crippen molar-refractivity contribution in [3.8, 4) is 16.9 Å². The lowest BCUT2D eigenvalue weighted by Crippen LogP contribution is -2.37. The molecule has 0 amide bonds. The number of rotatable bonds is 10. The third kappa shape index (κ3) is 6.43. The summed E-state index contributed by atoms with van der Waals surface area (Å²) in [6.45, 7) is 1.51. The third-order valence-electron chi connectivity index (χ3n) is 4.93. The molecule has 3 aromatic rings. The summed E-state index contributed by atoms with van der Waals surface area (Å²) in [5, 5.41) is 13.6. The summed E-state index contributed by atoms with van der Waals surface area (Å²) in [5.41, 5.74) is 3.59. The lowest BCUT2D eigenvalue weighted by molar-refractivity contribution is 0.104. The molecule has 152 valence electrons. The fraction of sp³-hybridized carbons (Fsp3) is 0.280. The summed E-state index contributed by atoms with van der Waals surface area (Å²) in [6.07, 6.45) is -0.567. The van der Waals surface area contributed by atoms with Crippen LogP contribution in [0, 0.1) is 0 Å². The fourth-order valence-electron chi connectivity index (χ4n) is 3.29. The predicted molar refractivity (Wildman–Crippen MR) is 119 cm³/mol. The van der Waals surface area contributed by atoms with E-state index in [4.69, 9.17) is 4.74 Å². The van der Waals surface area contributed by atoms with Gasteiger partial charge in [0.2, 0.25) is 0 Å². The predicted octanol–water partition coefficient (Wildman–Crippen LogP) is 3.99.